The topological polar surface area (TPSA) is 49.5 Å². The monoisotopic (exact) mass is 266 g/mol. The van der Waals surface area contributed by atoms with Gasteiger partial charge in [0.15, 0.2) is 0 Å². The molecule has 1 saturated carbocycles. The molecule has 3 nitrogen and oxygen atoms in total. The number of hydrogen-bond acceptors (Lipinski definition) is 3. The molecule has 106 valence electrons. The average Bonchev–Trinajstić information content (AvgIpc) is 2.32. The minimum Gasteiger partial charge on any atom is -0.396 e. The maximum atomic E-state index is 14.2. The summed E-state index contributed by atoms with van der Waals surface area (Å²) >= 11 is 0. The van der Waals surface area contributed by atoms with Crippen LogP contribution < -0.4 is 10.6 Å². The van der Waals surface area contributed by atoms with Gasteiger partial charge >= 0.3 is 0 Å². The van der Waals surface area contributed by atoms with Crippen LogP contribution in [-0.4, -0.2) is 24.3 Å². The molecule has 0 unspecified atom stereocenters. The lowest BCUT2D eigenvalue weighted by molar-refractivity contribution is 0.282. The van der Waals surface area contributed by atoms with E-state index in [0.717, 1.165) is 18.4 Å². The third-order valence-corrected chi connectivity index (χ3v) is 3.87. The highest BCUT2D eigenvalue weighted by atomic mass is 19.1. The molecule has 4 heteroatoms. The SMILES string of the molecule is C[C@H](N)c1cccc(F)c1N(CCCO)C1CCC1. The zero-order chi connectivity index (χ0) is 13.8. The van der Waals surface area contributed by atoms with E-state index in [4.69, 9.17) is 10.8 Å². The average molecular weight is 266 g/mol. The molecule has 0 aliphatic heterocycles. The molecule has 1 fully saturated rings. The zero-order valence-corrected chi connectivity index (χ0v) is 11.5. The van der Waals surface area contributed by atoms with Crippen molar-refractivity contribution in [3.63, 3.8) is 0 Å². The van der Waals surface area contributed by atoms with Gasteiger partial charge in [0.05, 0.1) is 5.69 Å². The normalized spacial score (nSPS) is 17.1. The largest absolute Gasteiger partial charge is 0.396 e. The van der Waals surface area contributed by atoms with Gasteiger partial charge in [0.1, 0.15) is 5.82 Å². The van der Waals surface area contributed by atoms with Crippen molar-refractivity contribution >= 4 is 5.69 Å². The Morgan fingerprint density at radius 2 is 2.21 bits per heavy atom. The number of halogens is 1. The fourth-order valence-corrected chi connectivity index (χ4v) is 2.62. The highest BCUT2D eigenvalue weighted by molar-refractivity contribution is 5.57. The Bertz CT molecular complexity index is 419. The second-order valence-corrected chi connectivity index (χ2v) is 5.32. The van der Waals surface area contributed by atoms with Crippen LogP contribution in [0.4, 0.5) is 10.1 Å². The number of anilines is 1. The summed E-state index contributed by atoms with van der Waals surface area (Å²) in [6.07, 6.45) is 4.04. The molecule has 0 bridgehead atoms. The second kappa shape index (κ2) is 6.35. The summed E-state index contributed by atoms with van der Waals surface area (Å²) in [5.74, 6) is -0.209. The Labute approximate surface area is 114 Å². The number of aliphatic hydroxyl groups is 1. The highest BCUT2D eigenvalue weighted by Crippen LogP contribution is 2.35. The molecule has 1 aromatic carbocycles. The predicted octanol–water partition coefficient (Wildman–Crippen LogP) is 2.59. The molecular weight excluding hydrogens is 243 g/mol. The molecule has 1 atom stereocenters. The van der Waals surface area contributed by atoms with Gasteiger partial charge in [0, 0.05) is 25.2 Å². The Kier molecular flexibility index (Phi) is 4.77. The van der Waals surface area contributed by atoms with E-state index < -0.39 is 0 Å². The molecule has 1 aliphatic carbocycles. The summed E-state index contributed by atoms with van der Waals surface area (Å²) in [6.45, 7) is 2.69. The van der Waals surface area contributed by atoms with Crippen molar-refractivity contribution in [3.05, 3.63) is 29.6 Å². The van der Waals surface area contributed by atoms with Crippen LogP contribution in [-0.2, 0) is 0 Å². The Morgan fingerprint density at radius 1 is 1.47 bits per heavy atom. The standard InChI is InChI=1S/C15H23FN2O/c1-11(17)13-7-3-8-14(16)15(13)18(9-4-10-19)12-5-2-6-12/h3,7-8,11-12,19H,2,4-6,9-10,17H2,1H3/t11-/m0/s1. The molecule has 2 rings (SSSR count). The van der Waals surface area contributed by atoms with Gasteiger partial charge in [-0.3, -0.25) is 0 Å². The Balaban J connectivity index is 2.33. The first kappa shape index (κ1) is 14.3. The fourth-order valence-electron chi connectivity index (χ4n) is 2.62. The van der Waals surface area contributed by atoms with Crippen molar-refractivity contribution in [1.82, 2.24) is 0 Å². The van der Waals surface area contributed by atoms with E-state index in [1.807, 2.05) is 13.0 Å². The van der Waals surface area contributed by atoms with Crippen molar-refractivity contribution < 1.29 is 9.50 Å². The molecule has 0 saturated heterocycles. The van der Waals surface area contributed by atoms with Crippen LogP contribution in [0, 0.1) is 5.82 Å². The number of nitrogens with two attached hydrogens (primary N) is 1. The zero-order valence-electron chi connectivity index (χ0n) is 11.5. The van der Waals surface area contributed by atoms with Gasteiger partial charge in [-0.05, 0) is 44.2 Å². The van der Waals surface area contributed by atoms with Crippen LogP contribution in [0.3, 0.4) is 0 Å². The maximum absolute atomic E-state index is 14.2. The van der Waals surface area contributed by atoms with E-state index in [-0.39, 0.29) is 18.5 Å². The third-order valence-electron chi connectivity index (χ3n) is 3.87. The lowest BCUT2D eigenvalue weighted by Gasteiger charge is -2.40. The summed E-state index contributed by atoms with van der Waals surface area (Å²) in [6, 6.07) is 5.30. The fraction of sp³-hybridized carbons (Fsp3) is 0.600. The van der Waals surface area contributed by atoms with Crippen LogP contribution in [0.2, 0.25) is 0 Å². The van der Waals surface area contributed by atoms with Gasteiger partial charge in [-0.1, -0.05) is 12.1 Å². The molecule has 0 aromatic heterocycles. The molecule has 1 aromatic rings. The number of para-hydroxylation sites is 1. The first-order valence-electron chi connectivity index (χ1n) is 7.06. The summed E-state index contributed by atoms with van der Waals surface area (Å²) in [4.78, 5) is 2.10. The van der Waals surface area contributed by atoms with Gasteiger partial charge in [0.2, 0.25) is 0 Å². The van der Waals surface area contributed by atoms with Crippen molar-refractivity contribution in [3.8, 4) is 0 Å². The van der Waals surface area contributed by atoms with E-state index >= 15 is 0 Å². The van der Waals surface area contributed by atoms with E-state index in [0.29, 0.717) is 24.7 Å². The lowest BCUT2D eigenvalue weighted by atomic mass is 9.90. The van der Waals surface area contributed by atoms with Crippen LogP contribution in [0.1, 0.15) is 44.2 Å². The van der Waals surface area contributed by atoms with Gasteiger partial charge in [-0.25, -0.2) is 4.39 Å². The minimum atomic E-state index is -0.209. The van der Waals surface area contributed by atoms with E-state index in [2.05, 4.69) is 4.90 Å². The van der Waals surface area contributed by atoms with Gasteiger partial charge < -0.3 is 15.7 Å². The van der Waals surface area contributed by atoms with Crippen LogP contribution >= 0.6 is 0 Å². The highest BCUT2D eigenvalue weighted by Gasteiger charge is 2.28. The molecule has 0 amide bonds. The first-order chi connectivity index (χ1) is 9.15. The van der Waals surface area contributed by atoms with Gasteiger partial charge in [-0.2, -0.15) is 0 Å². The van der Waals surface area contributed by atoms with E-state index in [1.54, 1.807) is 6.07 Å². The van der Waals surface area contributed by atoms with Crippen molar-refractivity contribution in [2.45, 2.75) is 44.7 Å². The minimum absolute atomic E-state index is 0.130. The Hall–Kier alpha value is -1.13. The van der Waals surface area contributed by atoms with Crippen LogP contribution in [0.25, 0.3) is 0 Å². The molecular formula is C15H23FN2O. The molecule has 19 heavy (non-hydrogen) atoms. The lowest BCUT2D eigenvalue weighted by Crippen LogP contribution is -2.42. The van der Waals surface area contributed by atoms with E-state index in [1.165, 1.54) is 12.5 Å². The molecule has 0 heterocycles. The predicted molar refractivity (Wildman–Crippen MR) is 75.7 cm³/mol. The number of nitrogens with zero attached hydrogens (tertiary/aromatic N) is 1. The summed E-state index contributed by atoms with van der Waals surface area (Å²) < 4.78 is 14.2. The van der Waals surface area contributed by atoms with Crippen LogP contribution in [0.5, 0.6) is 0 Å². The number of benzene rings is 1. The summed E-state index contributed by atoms with van der Waals surface area (Å²) in [5.41, 5.74) is 7.45. The summed E-state index contributed by atoms with van der Waals surface area (Å²) in [7, 11) is 0. The molecule has 0 spiro atoms. The van der Waals surface area contributed by atoms with Crippen molar-refractivity contribution in [2.24, 2.45) is 5.73 Å². The first-order valence-corrected chi connectivity index (χ1v) is 7.06. The molecule has 3 N–H and O–H groups in total. The number of rotatable bonds is 6. The van der Waals surface area contributed by atoms with Gasteiger partial charge in [-0.15, -0.1) is 0 Å². The smallest absolute Gasteiger partial charge is 0.146 e. The number of hydrogen-bond donors (Lipinski definition) is 2. The Morgan fingerprint density at radius 3 is 2.74 bits per heavy atom. The summed E-state index contributed by atoms with van der Waals surface area (Å²) in [5, 5.41) is 9.04. The molecule has 0 radical (unpaired) electrons. The maximum Gasteiger partial charge on any atom is 0.146 e. The van der Waals surface area contributed by atoms with Crippen molar-refractivity contribution in [2.75, 3.05) is 18.1 Å². The number of aliphatic hydroxyl groups excluding tert-OH is 1. The third kappa shape index (κ3) is 3.07. The van der Waals surface area contributed by atoms with Crippen molar-refractivity contribution in [1.29, 1.82) is 0 Å². The molecule has 1 aliphatic rings. The van der Waals surface area contributed by atoms with E-state index in [9.17, 15) is 4.39 Å². The van der Waals surface area contributed by atoms with Crippen LogP contribution in [0.15, 0.2) is 18.2 Å². The van der Waals surface area contributed by atoms with Gasteiger partial charge in [0.25, 0.3) is 0 Å². The second-order valence-electron chi connectivity index (χ2n) is 5.32. The quantitative estimate of drug-likeness (QED) is 0.832.